The van der Waals surface area contributed by atoms with Crippen molar-refractivity contribution in [1.29, 1.82) is 0 Å². The third kappa shape index (κ3) is 8.92. The summed E-state index contributed by atoms with van der Waals surface area (Å²) in [6.45, 7) is 11.6. The number of likely N-dealkylation sites (tertiary alicyclic amines) is 1. The van der Waals surface area contributed by atoms with E-state index in [9.17, 15) is 4.79 Å². The quantitative estimate of drug-likeness (QED) is 0.144. The number of nitrogens with zero attached hydrogens (tertiary/aromatic N) is 2. The lowest BCUT2D eigenvalue weighted by Crippen LogP contribution is -2.36. The zero-order valence-corrected chi connectivity index (χ0v) is 27.5. The van der Waals surface area contributed by atoms with Crippen LogP contribution in [0.5, 0.6) is 0 Å². The molecule has 43 heavy (non-hydrogen) atoms. The van der Waals surface area contributed by atoms with Gasteiger partial charge in [-0.3, -0.25) is 4.79 Å². The van der Waals surface area contributed by atoms with Crippen LogP contribution < -0.4 is 11.1 Å². The molecular weight excluding hydrogens is 580 g/mol. The van der Waals surface area contributed by atoms with Crippen LogP contribution in [-0.4, -0.2) is 59.3 Å². The molecule has 1 aromatic heterocycles. The van der Waals surface area contributed by atoms with Gasteiger partial charge >= 0.3 is 5.97 Å². The number of piperidine rings is 1. The van der Waals surface area contributed by atoms with E-state index in [0.29, 0.717) is 17.7 Å². The van der Waals surface area contributed by atoms with Crippen molar-refractivity contribution in [3.63, 3.8) is 0 Å². The number of ether oxygens (including phenoxy) is 1. The van der Waals surface area contributed by atoms with Gasteiger partial charge in [0, 0.05) is 22.2 Å². The van der Waals surface area contributed by atoms with Gasteiger partial charge in [-0.15, -0.1) is 11.3 Å². The van der Waals surface area contributed by atoms with Crippen molar-refractivity contribution in [3.8, 4) is 21.7 Å². The highest BCUT2D eigenvalue weighted by Crippen LogP contribution is 2.42. The van der Waals surface area contributed by atoms with E-state index in [2.05, 4.69) is 35.5 Å². The topological polar surface area (TPSA) is 101 Å². The summed E-state index contributed by atoms with van der Waals surface area (Å²) in [5, 5.41) is 13.7. The highest BCUT2D eigenvalue weighted by molar-refractivity contribution is 7.22. The fraction of sp³-hybridized carbons (Fsp3) is 0.412. The molecule has 230 valence electrons. The highest BCUT2D eigenvalue weighted by atomic mass is 35.5. The van der Waals surface area contributed by atoms with Gasteiger partial charge in [-0.05, 0) is 121 Å². The number of esters is 1. The molecule has 4 aromatic rings. The molecule has 0 atom stereocenters. The lowest BCUT2D eigenvalue weighted by Gasteiger charge is -2.30. The van der Waals surface area contributed by atoms with Gasteiger partial charge in [0.25, 0.3) is 0 Å². The number of rotatable bonds is 7. The summed E-state index contributed by atoms with van der Waals surface area (Å²) in [7, 11) is 2.16. The van der Waals surface area contributed by atoms with Gasteiger partial charge in [0.05, 0.1) is 40.2 Å². The average Bonchev–Trinajstić information content (AvgIpc) is 3.35. The predicted molar refractivity (Wildman–Crippen MR) is 181 cm³/mol. The van der Waals surface area contributed by atoms with Crippen molar-refractivity contribution in [2.24, 2.45) is 0 Å². The number of nitrogens with two attached hydrogens (primary N) is 1. The van der Waals surface area contributed by atoms with Crippen LogP contribution >= 0.6 is 22.9 Å². The molecule has 4 N–H and O–H groups in total. The maximum atomic E-state index is 12.5. The number of thiazole rings is 1. The number of anilines is 2. The van der Waals surface area contributed by atoms with E-state index >= 15 is 0 Å². The first kappa shape index (κ1) is 32.7. The Morgan fingerprint density at radius 2 is 1.77 bits per heavy atom. The van der Waals surface area contributed by atoms with Crippen molar-refractivity contribution in [2.45, 2.75) is 65.5 Å². The number of hydrogen-bond donors (Lipinski definition) is 3. The Morgan fingerprint density at radius 1 is 1.14 bits per heavy atom. The zero-order chi connectivity index (χ0) is 31.3. The van der Waals surface area contributed by atoms with Crippen molar-refractivity contribution in [3.05, 3.63) is 64.7 Å². The molecule has 0 aliphatic carbocycles. The minimum atomic E-state index is -0.500. The van der Waals surface area contributed by atoms with Gasteiger partial charge in [-0.2, -0.15) is 0 Å². The zero-order valence-electron chi connectivity index (χ0n) is 26.0. The Balaban J connectivity index is 0.000000782. The Kier molecular flexibility index (Phi) is 10.7. The Bertz CT molecular complexity index is 1550. The van der Waals surface area contributed by atoms with Crippen molar-refractivity contribution in [1.82, 2.24) is 9.88 Å². The summed E-state index contributed by atoms with van der Waals surface area (Å²) in [4.78, 5) is 19.9. The Labute approximate surface area is 264 Å². The number of aryl methyl sites for hydroxylation is 1. The molecule has 5 rings (SSSR count). The number of fused-ring (bicyclic) bond motifs is 1. The van der Waals surface area contributed by atoms with Crippen LogP contribution in [-0.2, 0) is 16.0 Å². The molecule has 7 nitrogen and oxygen atoms in total. The average molecular weight is 623 g/mol. The van der Waals surface area contributed by atoms with Crippen molar-refractivity contribution in [2.75, 3.05) is 37.8 Å². The maximum absolute atomic E-state index is 12.5. The minimum absolute atomic E-state index is 0.199. The predicted octanol–water partition coefficient (Wildman–Crippen LogP) is 7.56. The number of carbonyl (C=O) groups is 1. The third-order valence-corrected chi connectivity index (χ3v) is 8.54. The fourth-order valence-corrected chi connectivity index (χ4v) is 6.33. The molecule has 0 bridgehead atoms. The van der Waals surface area contributed by atoms with E-state index in [1.54, 1.807) is 32.1 Å². The van der Waals surface area contributed by atoms with E-state index in [0.717, 1.165) is 80.3 Å². The molecule has 1 saturated heterocycles. The van der Waals surface area contributed by atoms with Gasteiger partial charge in [-0.1, -0.05) is 23.7 Å². The Morgan fingerprint density at radius 3 is 2.37 bits per heavy atom. The summed E-state index contributed by atoms with van der Waals surface area (Å²) in [5.74, 6) is -0.240. The normalized spacial score (nSPS) is 14.3. The monoisotopic (exact) mass is 622 g/mol. The first-order valence-electron chi connectivity index (χ1n) is 14.7. The summed E-state index contributed by atoms with van der Waals surface area (Å²) in [6.07, 6.45) is 2.41. The third-order valence-electron chi connectivity index (χ3n) is 7.15. The molecule has 3 aromatic carbocycles. The minimum Gasteiger partial charge on any atom is -0.466 e. The van der Waals surface area contributed by atoms with Gasteiger partial charge in [0.2, 0.25) is 0 Å². The standard InChI is InChI=1S/C30H33ClN4O2S.C4H10O/c1-4-37-27(36)17-23-18(2)15-26-29(28(23)19-5-8-21(31)9-6-19)38-30(34-26)20-7-10-25(24(32)16-20)33-22-11-13-35(3)14-12-22;1-4(2,3)5/h5-10,15-16,22,33H,4,11-14,17,32H2,1-3H3;5H,1-3H3. The Hall–Kier alpha value is -3.17. The molecular formula is C34H43ClN4O3S. The number of hydrogen-bond acceptors (Lipinski definition) is 8. The number of halogens is 1. The highest BCUT2D eigenvalue weighted by Gasteiger charge is 2.21. The number of carbonyl (C=O) groups excluding carboxylic acids is 1. The van der Waals surface area contributed by atoms with Crippen LogP contribution in [0.25, 0.3) is 31.9 Å². The van der Waals surface area contributed by atoms with Gasteiger partial charge in [-0.25, -0.2) is 4.98 Å². The first-order chi connectivity index (χ1) is 20.3. The second-order valence-corrected chi connectivity index (χ2v) is 13.5. The first-order valence-corrected chi connectivity index (χ1v) is 15.9. The second-order valence-electron chi connectivity index (χ2n) is 12.1. The van der Waals surface area contributed by atoms with Crippen LogP contribution in [0.4, 0.5) is 11.4 Å². The van der Waals surface area contributed by atoms with Crippen LogP contribution in [0.2, 0.25) is 5.02 Å². The molecule has 1 aliphatic rings. The van der Waals surface area contributed by atoms with Gasteiger partial charge in [0.15, 0.2) is 0 Å². The summed E-state index contributed by atoms with van der Waals surface area (Å²) in [6, 6.07) is 16.4. The van der Waals surface area contributed by atoms with Crippen LogP contribution in [0, 0.1) is 6.92 Å². The van der Waals surface area contributed by atoms with E-state index < -0.39 is 5.60 Å². The molecule has 9 heteroatoms. The van der Waals surface area contributed by atoms with E-state index in [-0.39, 0.29) is 12.4 Å². The molecule has 0 saturated carbocycles. The fourth-order valence-electron chi connectivity index (χ4n) is 5.06. The number of benzene rings is 3. The van der Waals surface area contributed by atoms with Crippen LogP contribution in [0.1, 0.15) is 51.7 Å². The second kappa shape index (κ2) is 14.1. The molecule has 0 amide bonds. The lowest BCUT2D eigenvalue weighted by molar-refractivity contribution is -0.142. The van der Waals surface area contributed by atoms with Crippen molar-refractivity contribution >= 4 is 50.5 Å². The number of aliphatic hydroxyl groups is 1. The lowest BCUT2D eigenvalue weighted by atomic mass is 9.93. The van der Waals surface area contributed by atoms with E-state index in [4.69, 9.17) is 32.2 Å². The van der Waals surface area contributed by atoms with E-state index in [1.807, 2.05) is 44.2 Å². The summed E-state index contributed by atoms with van der Waals surface area (Å²) in [5.41, 5.74) is 13.5. The number of aromatic nitrogens is 1. The smallest absolute Gasteiger partial charge is 0.310 e. The molecule has 0 spiro atoms. The SMILES string of the molecule is CC(C)(C)O.CCOC(=O)Cc1c(C)cc2nc(-c3ccc(NC4CCN(C)CC4)c(N)c3)sc2c1-c1ccc(Cl)cc1. The van der Waals surface area contributed by atoms with Gasteiger partial charge < -0.3 is 25.8 Å². The summed E-state index contributed by atoms with van der Waals surface area (Å²) < 4.78 is 6.31. The molecule has 0 radical (unpaired) electrons. The van der Waals surface area contributed by atoms with Crippen molar-refractivity contribution < 1.29 is 14.6 Å². The number of nitrogens with one attached hydrogen (secondary N) is 1. The van der Waals surface area contributed by atoms with Crippen LogP contribution in [0.3, 0.4) is 0 Å². The van der Waals surface area contributed by atoms with Crippen LogP contribution in [0.15, 0.2) is 48.5 Å². The van der Waals surface area contributed by atoms with E-state index in [1.165, 1.54) is 0 Å². The number of nitrogen functional groups attached to an aromatic ring is 1. The molecule has 2 heterocycles. The molecule has 1 fully saturated rings. The van der Waals surface area contributed by atoms with Gasteiger partial charge in [0.1, 0.15) is 5.01 Å². The maximum Gasteiger partial charge on any atom is 0.310 e. The largest absolute Gasteiger partial charge is 0.466 e. The molecule has 1 aliphatic heterocycles. The molecule has 0 unspecified atom stereocenters. The summed E-state index contributed by atoms with van der Waals surface area (Å²) >= 11 is 7.80.